The molecule has 1 fully saturated rings. The number of methoxy groups -OCH3 is 1. The molecule has 0 heterocycles. The fourth-order valence-electron chi connectivity index (χ4n) is 1.55. The zero-order valence-corrected chi connectivity index (χ0v) is 6.54. The van der Waals surface area contributed by atoms with Crippen molar-refractivity contribution in [1.29, 1.82) is 5.26 Å². The second-order valence-electron chi connectivity index (χ2n) is 2.80. The van der Waals surface area contributed by atoms with E-state index in [0.717, 1.165) is 19.3 Å². The van der Waals surface area contributed by atoms with Crippen molar-refractivity contribution in [3.63, 3.8) is 0 Å². The Morgan fingerprint density at radius 1 is 1.64 bits per heavy atom. The Hall–Kier alpha value is -1.04. The van der Waals surface area contributed by atoms with E-state index in [0.29, 0.717) is 0 Å². The molecule has 0 aromatic rings. The summed E-state index contributed by atoms with van der Waals surface area (Å²) in [4.78, 5) is 11.0. The Kier molecular flexibility index (Phi) is 2.48. The van der Waals surface area contributed by atoms with Crippen LogP contribution in [0, 0.1) is 23.2 Å². The van der Waals surface area contributed by atoms with Crippen LogP contribution in [0.4, 0.5) is 0 Å². The van der Waals surface area contributed by atoms with Gasteiger partial charge in [0.15, 0.2) is 0 Å². The smallest absolute Gasteiger partial charge is 0.309 e. The number of nitriles is 1. The molecule has 1 aliphatic rings. The van der Waals surface area contributed by atoms with Crippen LogP contribution in [0.5, 0.6) is 0 Å². The quantitative estimate of drug-likeness (QED) is 0.530. The van der Waals surface area contributed by atoms with Gasteiger partial charge in [0, 0.05) is 0 Å². The zero-order valence-electron chi connectivity index (χ0n) is 6.54. The van der Waals surface area contributed by atoms with Gasteiger partial charge in [-0.25, -0.2) is 0 Å². The largest absolute Gasteiger partial charge is 0.469 e. The summed E-state index contributed by atoms with van der Waals surface area (Å²) in [5, 5.41) is 8.62. The molecule has 0 unspecified atom stereocenters. The maximum atomic E-state index is 11.0. The third kappa shape index (κ3) is 1.51. The highest BCUT2D eigenvalue weighted by atomic mass is 16.5. The molecule has 0 aromatic carbocycles. The summed E-state index contributed by atoms with van der Waals surface area (Å²) in [6.45, 7) is 0. The highest BCUT2D eigenvalue weighted by Gasteiger charge is 2.33. The van der Waals surface area contributed by atoms with Crippen molar-refractivity contribution in [1.82, 2.24) is 0 Å². The molecule has 0 radical (unpaired) electrons. The van der Waals surface area contributed by atoms with Crippen molar-refractivity contribution in [2.24, 2.45) is 11.8 Å². The minimum atomic E-state index is -0.228. The van der Waals surface area contributed by atoms with Gasteiger partial charge in [0.25, 0.3) is 0 Å². The summed E-state index contributed by atoms with van der Waals surface area (Å²) in [6.07, 6.45) is 2.62. The van der Waals surface area contributed by atoms with E-state index in [9.17, 15) is 4.79 Å². The molecule has 0 bridgehead atoms. The van der Waals surface area contributed by atoms with E-state index in [1.165, 1.54) is 7.11 Å². The highest BCUT2D eigenvalue weighted by Crippen LogP contribution is 2.31. The van der Waals surface area contributed by atoms with Crippen molar-refractivity contribution >= 4 is 5.97 Å². The van der Waals surface area contributed by atoms with Gasteiger partial charge in [-0.05, 0) is 12.8 Å². The number of hydrogen-bond acceptors (Lipinski definition) is 3. The van der Waals surface area contributed by atoms with Gasteiger partial charge in [-0.1, -0.05) is 6.42 Å². The fourth-order valence-corrected chi connectivity index (χ4v) is 1.55. The molecule has 0 aliphatic heterocycles. The van der Waals surface area contributed by atoms with Crippen LogP contribution in [-0.4, -0.2) is 13.1 Å². The molecule has 0 spiro atoms. The number of ether oxygens (including phenoxy) is 1. The van der Waals surface area contributed by atoms with Crippen molar-refractivity contribution in [3.05, 3.63) is 0 Å². The van der Waals surface area contributed by atoms with E-state index in [4.69, 9.17) is 5.26 Å². The summed E-state index contributed by atoms with van der Waals surface area (Å²) in [5.74, 6) is -0.499. The van der Waals surface area contributed by atoms with Gasteiger partial charge in [-0.2, -0.15) is 5.26 Å². The third-order valence-corrected chi connectivity index (χ3v) is 2.19. The fraction of sp³-hybridized carbons (Fsp3) is 0.750. The van der Waals surface area contributed by atoms with Crippen molar-refractivity contribution in [2.75, 3.05) is 7.11 Å². The molecule has 0 N–H and O–H groups in total. The zero-order chi connectivity index (χ0) is 8.27. The second kappa shape index (κ2) is 3.38. The van der Waals surface area contributed by atoms with Gasteiger partial charge in [-0.15, -0.1) is 0 Å². The number of rotatable bonds is 1. The number of hydrogen-bond donors (Lipinski definition) is 0. The molecule has 0 amide bonds. The summed E-state index contributed by atoms with van der Waals surface area (Å²) in [5.41, 5.74) is 0. The Morgan fingerprint density at radius 2 is 2.36 bits per heavy atom. The van der Waals surface area contributed by atoms with Gasteiger partial charge in [0.05, 0.1) is 25.0 Å². The first-order chi connectivity index (χ1) is 5.29. The maximum absolute atomic E-state index is 11.0. The first-order valence-corrected chi connectivity index (χ1v) is 3.77. The molecular formula is C8H11NO2. The topological polar surface area (TPSA) is 50.1 Å². The van der Waals surface area contributed by atoms with Crippen LogP contribution in [-0.2, 0) is 9.53 Å². The van der Waals surface area contributed by atoms with Gasteiger partial charge in [0.1, 0.15) is 0 Å². The van der Waals surface area contributed by atoms with Crippen LogP contribution in [0.25, 0.3) is 0 Å². The number of carbonyl (C=O) groups is 1. The lowest BCUT2D eigenvalue weighted by Gasteiger charge is -2.08. The maximum Gasteiger partial charge on any atom is 0.309 e. The second-order valence-corrected chi connectivity index (χ2v) is 2.80. The van der Waals surface area contributed by atoms with E-state index >= 15 is 0 Å². The molecule has 1 aliphatic carbocycles. The standard InChI is InChI=1S/C8H11NO2/c1-11-8(10)7-4-2-3-6(7)5-9/h6-7H,2-4H2,1H3/t6-,7-/m1/s1. The van der Waals surface area contributed by atoms with E-state index in [1.807, 2.05) is 0 Å². The molecule has 1 saturated carbocycles. The first-order valence-electron chi connectivity index (χ1n) is 3.77. The molecule has 11 heavy (non-hydrogen) atoms. The van der Waals surface area contributed by atoms with E-state index in [1.54, 1.807) is 0 Å². The van der Waals surface area contributed by atoms with Crippen LogP contribution < -0.4 is 0 Å². The van der Waals surface area contributed by atoms with Crippen LogP contribution in [0.3, 0.4) is 0 Å². The van der Waals surface area contributed by atoms with E-state index in [2.05, 4.69) is 10.8 Å². The molecule has 60 valence electrons. The lowest BCUT2D eigenvalue weighted by molar-refractivity contribution is -0.146. The van der Waals surface area contributed by atoms with Gasteiger partial charge in [-0.3, -0.25) is 4.79 Å². The van der Waals surface area contributed by atoms with Crippen molar-refractivity contribution in [3.8, 4) is 6.07 Å². The lowest BCUT2D eigenvalue weighted by Crippen LogP contribution is -2.18. The summed E-state index contributed by atoms with van der Waals surface area (Å²) in [7, 11) is 1.37. The number of esters is 1. The van der Waals surface area contributed by atoms with Gasteiger partial charge < -0.3 is 4.74 Å². The normalized spacial score (nSPS) is 29.5. The van der Waals surface area contributed by atoms with E-state index in [-0.39, 0.29) is 17.8 Å². The Bertz CT molecular complexity index is 195. The Balaban J connectivity index is 2.58. The molecular weight excluding hydrogens is 142 g/mol. The number of carbonyl (C=O) groups excluding carboxylic acids is 1. The predicted molar refractivity (Wildman–Crippen MR) is 38.5 cm³/mol. The highest BCUT2D eigenvalue weighted by molar-refractivity contribution is 5.73. The Morgan fingerprint density at radius 3 is 2.91 bits per heavy atom. The van der Waals surface area contributed by atoms with Crippen LogP contribution in [0.2, 0.25) is 0 Å². The van der Waals surface area contributed by atoms with Crippen LogP contribution in [0.1, 0.15) is 19.3 Å². The summed E-state index contributed by atoms with van der Waals surface area (Å²) < 4.78 is 4.58. The van der Waals surface area contributed by atoms with Gasteiger partial charge >= 0.3 is 5.97 Å². The number of nitrogens with zero attached hydrogens (tertiary/aromatic N) is 1. The summed E-state index contributed by atoms with van der Waals surface area (Å²) in [6, 6.07) is 2.13. The van der Waals surface area contributed by atoms with Crippen LogP contribution >= 0.6 is 0 Å². The Labute approximate surface area is 66.0 Å². The molecule has 2 atom stereocenters. The van der Waals surface area contributed by atoms with Crippen molar-refractivity contribution < 1.29 is 9.53 Å². The molecule has 3 heteroatoms. The molecule has 0 aromatic heterocycles. The first kappa shape index (κ1) is 8.06. The van der Waals surface area contributed by atoms with E-state index < -0.39 is 0 Å². The SMILES string of the molecule is COC(=O)[C@@H]1CCC[C@@H]1C#N. The molecule has 3 nitrogen and oxygen atoms in total. The lowest BCUT2D eigenvalue weighted by atomic mass is 9.98. The summed E-state index contributed by atoms with van der Waals surface area (Å²) >= 11 is 0. The predicted octanol–water partition coefficient (Wildman–Crippen LogP) is 1.10. The minimum absolute atomic E-state index is 0.109. The third-order valence-electron chi connectivity index (χ3n) is 2.19. The minimum Gasteiger partial charge on any atom is -0.469 e. The average Bonchev–Trinajstić information content (AvgIpc) is 2.50. The average molecular weight is 153 g/mol. The van der Waals surface area contributed by atoms with Crippen molar-refractivity contribution in [2.45, 2.75) is 19.3 Å². The monoisotopic (exact) mass is 153 g/mol. The molecule has 0 saturated heterocycles. The molecule has 1 rings (SSSR count). The van der Waals surface area contributed by atoms with Crippen LogP contribution in [0.15, 0.2) is 0 Å². The van der Waals surface area contributed by atoms with Gasteiger partial charge in [0.2, 0.25) is 0 Å².